The first-order chi connectivity index (χ1) is 34.0. The van der Waals surface area contributed by atoms with Gasteiger partial charge in [0.05, 0.1) is 75.0 Å². The molecule has 4 atom stereocenters. The fraction of sp³-hybridized carbons (Fsp3) is 0.294. The average molecular weight is 969 g/mol. The third-order valence-corrected chi connectivity index (χ3v) is 11.9. The molecule has 71 heavy (non-hydrogen) atoms. The molecule has 0 unspecified atom stereocenters. The van der Waals surface area contributed by atoms with Gasteiger partial charge in [-0.15, -0.1) is 0 Å². The van der Waals surface area contributed by atoms with Crippen molar-refractivity contribution in [3.05, 3.63) is 155 Å². The summed E-state index contributed by atoms with van der Waals surface area (Å²) in [6.07, 6.45) is 12.1. The predicted molar refractivity (Wildman–Crippen MR) is 262 cm³/mol. The molecule has 2 aliphatic heterocycles. The van der Waals surface area contributed by atoms with Crippen molar-refractivity contribution in [2.45, 2.75) is 44.4 Å². The van der Waals surface area contributed by atoms with Gasteiger partial charge in [0.25, 0.3) is 11.8 Å². The van der Waals surface area contributed by atoms with Gasteiger partial charge in [0.2, 0.25) is 0 Å². The minimum atomic E-state index is -0.633. The van der Waals surface area contributed by atoms with Gasteiger partial charge in [-0.05, 0) is 72.5 Å². The lowest BCUT2D eigenvalue weighted by Crippen LogP contribution is -2.30. The summed E-state index contributed by atoms with van der Waals surface area (Å²) < 4.78 is 53.0. The molecule has 0 bridgehead atoms. The minimum Gasteiger partial charge on any atom is -0.494 e. The number of hydrogen-bond acceptors (Lipinski definition) is 14. The number of pyridine rings is 4. The van der Waals surface area contributed by atoms with Crippen molar-refractivity contribution in [2.75, 3.05) is 51.3 Å². The molecule has 368 valence electrons. The first-order valence-corrected chi connectivity index (χ1v) is 22.5. The molecule has 20 heteroatoms. The largest absolute Gasteiger partial charge is 0.494 e. The molecule has 2 amide bonds. The highest BCUT2D eigenvalue weighted by molar-refractivity contribution is 5.96. The van der Waals surface area contributed by atoms with Gasteiger partial charge in [0.15, 0.2) is 23.1 Å². The molecule has 8 heterocycles. The molecule has 2 aromatic carbocycles. The van der Waals surface area contributed by atoms with Crippen LogP contribution in [0.25, 0.3) is 21.8 Å². The van der Waals surface area contributed by atoms with Crippen molar-refractivity contribution >= 4 is 45.3 Å². The zero-order valence-corrected chi connectivity index (χ0v) is 38.7. The van der Waals surface area contributed by atoms with Crippen molar-refractivity contribution in [2.24, 2.45) is 14.1 Å². The van der Waals surface area contributed by atoms with Crippen LogP contribution in [0.5, 0.6) is 11.5 Å². The summed E-state index contributed by atoms with van der Waals surface area (Å²) in [4.78, 5) is 44.5. The Kier molecular flexibility index (Phi) is 15.4. The SMILES string of the molecule is C.COc1ccc([C@H](NC(=O)c2ccc3cnc(N[C@@H]4CCOC4)cc3n2)c2cnn(C)c2)cc1F.COc1ccc([C@H](NC(=O)c2ccc3cnc(N[C@H]4CCOC4)cc3n2)c2cnn(C)c2)cc1F. The van der Waals surface area contributed by atoms with E-state index >= 15 is 0 Å². The lowest BCUT2D eigenvalue weighted by atomic mass is 10.0. The number of benzene rings is 2. The van der Waals surface area contributed by atoms with Gasteiger partial charge in [-0.2, -0.15) is 10.2 Å². The van der Waals surface area contributed by atoms with Crippen LogP contribution in [-0.2, 0) is 23.6 Å². The maximum atomic E-state index is 14.5. The molecular weight excluding hydrogens is 915 g/mol. The number of aromatic nitrogens is 8. The summed E-state index contributed by atoms with van der Waals surface area (Å²) in [5, 5.41) is 22.7. The van der Waals surface area contributed by atoms with Gasteiger partial charge in [0, 0.05) is 86.1 Å². The molecule has 18 nitrogen and oxygen atoms in total. The van der Waals surface area contributed by atoms with Crippen LogP contribution in [-0.4, -0.2) is 104 Å². The monoisotopic (exact) mass is 968 g/mol. The van der Waals surface area contributed by atoms with Crippen LogP contribution in [0.1, 0.15) is 75.6 Å². The van der Waals surface area contributed by atoms with E-state index in [9.17, 15) is 18.4 Å². The number of aryl methyl sites for hydroxylation is 2. The first-order valence-electron chi connectivity index (χ1n) is 22.5. The molecule has 0 aliphatic carbocycles. The number of fused-ring (bicyclic) bond motifs is 2. The molecule has 0 radical (unpaired) electrons. The molecule has 0 saturated carbocycles. The van der Waals surface area contributed by atoms with Crippen molar-refractivity contribution in [1.29, 1.82) is 0 Å². The maximum Gasteiger partial charge on any atom is 0.270 e. The zero-order chi connectivity index (χ0) is 48.7. The van der Waals surface area contributed by atoms with E-state index in [0.29, 0.717) is 58.1 Å². The van der Waals surface area contributed by atoms with Gasteiger partial charge in [-0.25, -0.2) is 28.7 Å². The summed E-state index contributed by atoms with van der Waals surface area (Å²) in [7, 11) is 6.36. The van der Waals surface area contributed by atoms with E-state index in [0.717, 1.165) is 36.8 Å². The number of nitrogens with zero attached hydrogens (tertiary/aromatic N) is 8. The van der Waals surface area contributed by atoms with E-state index in [1.54, 1.807) is 97.0 Å². The van der Waals surface area contributed by atoms with Gasteiger partial charge in [-0.3, -0.25) is 19.0 Å². The van der Waals surface area contributed by atoms with Crippen molar-refractivity contribution < 1.29 is 37.3 Å². The number of carbonyl (C=O) groups is 2. The molecule has 2 saturated heterocycles. The predicted octanol–water partition coefficient (Wildman–Crippen LogP) is 7.10. The summed E-state index contributed by atoms with van der Waals surface area (Å²) in [6.45, 7) is 2.72. The Balaban J connectivity index is 0.000000188. The smallest absolute Gasteiger partial charge is 0.270 e. The number of amides is 2. The molecule has 2 fully saturated rings. The molecule has 0 spiro atoms. The number of ether oxygens (including phenoxy) is 4. The second-order valence-electron chi connectivity index (χ2n) is 16.8. The summed E-state index contributed by atoms with van der Waals surface area (Å²) in [5.74, 6) is -0.207. The first kappa shape index (κ1) is 49.3. The molecule has 10 rings (SSSR count). The number of anilines is 2. The van der Waals surface area contributed by atoms with E-state index in [-0.39, 0.29) is 42.4 Å². The standard InChI is InChI=1S/2C25H25FN6O3.CH4/c2*1-32-13-17(12-28-32)24(15-4-6-22(34-2)19(26)9-15)31-25(33)20-5-3-16-11-27-23(10-21(16)30-20)29-18-7-8-35-14-18;/h2*3-6,9-13,18,24H,7-8,14H2,1-2H3,(H,27,29)(H,31,33);1H4/t18-,24+;18-,24-;/m10./s1. The molecule has 6 aromatic heterocycles. The summed E-state index contributed by atoms with van der Waals surface area (Å²) in [6, 6.07) is 18.9. The van der Waals surface area contributed by atoms with Gasteiger partial charge in [0.1, 0.15) is 23.0 Å². The average Bonchev–Trinajstić information content (AvgIpc) is 4.23. The number of methoxy groups -OCH3 is 2. The number of rotatable bonds is 14. The van der Waals surface area contributed by atoms with Gasteiger partial charge < -0.3 is 40.2 Å². The number of halogens is 2. The number of hydrogen-bond donors (Lipinski definition) is 4. The van der Waals surface area contributed by atoms with Gasteiger partial charge >= 0.3 is 0 Å². The van der Waals surface area contributed by atoms with Crippen LogP contribution in [0.3, 0.4) is 0 Å². The van der Waals surface area contributed by atoms with Crippen LogP contribution in [0.15, 0.2) is 110 Å². The Bertz CT molecular complexity index is 2950. The summed E-state index contributed by atoms with van der Waals surface area (Å²) in [5.41, 5.74) is 4.29. The van der Waals surface area contributed by atoms with Crippen molar-refractivity contribution in [1.82, 2.24) is 50.1 Å². The topological polar surface area (TPSA) is 206 Å². The third-order valence-electron chi connectivity index (χ3n) is 11.9. The quantitative estimate of drug-likeness (QED) is 0.0859. The van der Waals surface area contributed by atoms with E-state index in [1.807, 2.05) is 12.1 Å². The van der Waals surface area contributed by atoms with E-state index in [4.69, 9.17) is 18.9 Å². The van der Waals surface area contributed by atoms with Crippen molar-refractivity contribution in [3.63, 3.8) is 0 Å². The third kappa shape index (κ3) is 11.7. The van der Waals surface area contributed by atoms with E-state index in [2.05, 4.69) is 51.4 Å². The molecule has 2 aliphatic rings. The minimum absolute atomic E-state index is 0. The second-order valence-corrected chi connectivity index (χ2v) is 16.8. The maximum absolute atomic E-state index is 14.5. The highest BCUT2D eigenvalue weighted by Gasteiger charge is 2.24. The lowest BCUT2D eigenvalue weighted by molar-refractivity contribution is 0.0930. The number of carbonyl (C=O) groups excluding carboxylic acids is 2. The Labute approximate surface area is 408 Å². The number of nitrogens with one attached hydrogen (secondary N) is 4. The van der Waals surface area contributed by atoms with E-state index in [1.165, 1.54) is 38.5 Å². The Morgan fingerprint density at radius 1 is 0.620 bits per heavy atom. The second kappa shape index (κ2) is 22.1. The van der Waals surface area contributed by atoms with Crippen molar-refractivity contribution in [3.8, 4) is 11.5 Å². The molecular formula is C51H54F2N12O6. The molecule has 4 N–H and O–H groups in total. The van der Waals surface area contributed by atoms with Gasteiger partial charge in [-0.1, -0.05) is 19.6 Å². The fourth-order valence-corrected chi connectivity index (χ4v) is 8.19. The van der Waals surface area contributed by atoms with Crippen LogP contribution in [0.2, 0.25) is 0 Å². The zero-order valence-electron chi connectivity index (χ0n) is 38.7. The highest BCUT2D eigenvalue weighted by atomic mass is 19.1. The fourth-order valence-electron chi connectivity index (χ4n) is 8.19. The van der Waals surface area contributed by atoms with E-state index < -0.39 is 35.5 Å². The molecule has 8 aromatic rings. The van der Waals surface area contributed by atoms with Crippen LogP contribution in [0, 0.1) is 11.6 Å². The van der Waals surface area contributed by atoms with Crippen LogP contribution in [0.4, 0.5) is 20.4 Å². The Hall–Kier alpha value is -8.10. The normalized spacial score (nSPS) is 16.0. The summed E-state index contributed by atoms with van der Waals surface area (Å²) >= 11 is 0. The van der Waals surface area contributed by atoms with Crippen LogP contribution < -0.4 is 30.7 Å². The Morgan fingerprint density at radius 2 is 1.06 bits per heavy atom. The highest BCUT2D eigenvalue weighted by Crippen LogP contribution is 2.29. The lowest BCUT2D eigenvalue weighted by Gasteiger charge is -2.19. The Morgan fingerprint density at radius 3 is 1.41 bits per heavy atom. The van der Waals surface area contributed by atoms with Crippen LogP contribution >= 0.6 is 0 Å².